The van der Waals surface area contributed by atoms with Crippen molar-refractivity contribution in [3.8, 4) is 5.69 Å². The van der Waals surface area contributed by atoms with Gasteiger partial charge in [0.05, 0.1) is 11.3 Å². The van der Waals surface area contributed by atoms with Gasteiger partial charge >= 0.3 is 12.0 Å². The van der Waals surface area contributed by atoms with Crippen molar-refractivity contribution in [1.82, 2.24) is 14.9 Å². The summed E-state index contributed by atoms with van der Waals surface area (Å²) in [7, 11) is 0. The first-order valence-electron chi connectivity index (χ1n) is 11.2. The van der Waals surface area contributed by atoms with Gasteiger partial charge in [0.1, 0.15) is 11.5 Å². The highest BCUT2D eigenvalue weighted by molar-refractivity contribution is 6.30. The third-order valence-corrected chi connectivity index (χ3v) is 5.47. The molecule has 0 unspecified atom stereocenters. The van der Waals surface area contributed by atoms with Gasteiger partial charge in [-0.05, 0) is 67.6 Å². The maximum Gasteiger partial charge on any atom is 0.352 e. The summed E-state index contributed by atoms with van der Waals surface area (Å²) in [6.45, 7) is 2.24. The maximum absolute atomic E-state index is 13.2. The van der Waals surface area contributed by atoms with Gasteiger partial charge in [-0.15, -0.1) is 0 Å². The standard InChI is InChI=1S/C26H23ClN6O4/c1-2-28-26(37)32-23-14-21(30-17-7-5-16(27)6-8-17)20(15-29-23)24(34)31-18-9-11-19(12-10-18)33-13-3-4-22(33)25(35)36/h3-15H,2H2,1H3,(H,31,34)(H,35,36)(H3,28,29,30,32,37). The van der Waals surface area contributed by atoms with E-state index in [2.05, 4.69) is 26.3 Å². The number of aromatic carboxylic acids is 1. The van der Waals surface area contributed by atoms with Gasteiger partial charge in [0, 0.05) is 47.1 Å². The maximum atomic E-state index is 13.2. The van der Waals surface area contributed by atoms with Crippen molar-refractivity contribution in [3.63, 3.8) is 0 Å². The zero-order chi connectivity index (χ0) is 26.4. The molecule has 2 aromatic carbocycles. The van der Waals surface area contributed by atoms with E-state index in [-0.39, 0.29) is 17.1 Å². The number of benzene rings is 2. The van der Waals surface area contributed by atoms with Crippen LogP contribution in [0.25, 0.3) is 5.69 Å². The summed E-state index contributed by atoms with van der Waals surface area (Å²) < 4.78 is 1.53. The van der Waals surface area contributed by atoms with E-state index in [1.807, 2.05) is 0 Å². The monoisotopic (exact) mass is 518 g/mol. The highest BCUT2D eigenvalue weighted by atomic mass is 35.5. The van der Waals surface area contributed by atoms with E-state index in [0.29, 0.717) is 34.3 Å². The number of hydrogen-bond donors (Lipinski definition) is 5. The number of anilines is 4. The molecule has 2 heterocycles. The SMILES string of the molecule is CCNC(=O)Nc1cc(Nc2ccc(Cl)cc2)c(C(=O)Nc2ccc(-n3cccc3C(=O)O)cc2)cn1. The molecule has 0 bridgehead atoms. The molecule has 37 heavy (non-hydrogen) atoms. The molecule has 11 heteroatoms. The number of amides is 3. The second-order valence-corrected chi connectivity index (χ2v) is 8.24. The second-order valence-electron chi connectivity index (χ2n) is 7.80. The lowest BCUT2D eigenvalue weighted by atomic mass is 10.2. The van der Waals surface area contributed by atoms with Crippen molar-refractivity contribution in [2.45, 2.75) is 6.92 Å². The zero-order valence-corrected chi connectivity index (χ0v) is 20.4. The zero-order valence-electron chi connectivity index (χ0n) is 19.7. The Bertz CT molecular complexity index is 1430. The van der Waals surface area contributed by atoms with E-state index in [1.54, 1.807) is 73.8 Å². The smallest absolute Gasteiger partial charge is 0.352 e. The van der Waals surface area contributed by atoms with E-state index in [9.17, 15) is 19.5 Å². The molecule has 4 aromatic rings. The Morgan fingerprint density at radius 1 is 0.973 bits per heavy atom. The van der Waals surface area contributed by atoms with Gasteiger partial charge in [0.2, 0.25) is 0 Å². The van der Waals surface area contributed by atoms with E-state index in [0.717, 1.165) is 0 Å². The molecule has 0 fully saturated rings. The molecule has 188 valence electrons. The minimum Gasteiger partial charge on any atom is -0.477 e. The Kier molecular flexibility index (Phi) is 7.70. The molecule has 0 aliphatic carbocycles. The van der Waals surface area contributed by atoms with Gasteiger partial charge < -0.3 is 25.6 Å². The van der Waals surface area contributed by atoms with E-state index >= 15 is 0 Å². The molecule has 10 nitrogen and oxygen atoms in total. The molecule has 2 aromatic heterocycles. The number of rotatable bonds is 8. The van der Waals surface area contributed by atoms with Crippen LogP contribution in [0, 0.1) is 0 Å². The fourth-order valence-electron chi connectivity index (χ4n) is 3.50. The highest BCUT2D eigenvalue weighted by Crippen LogP contribution is 2.26. The van der Waals surface area contributed by atoms with Crippen molar-refractivity contribution >= 4 is 52.4 Å². The number of carboxylic acid groups (broad SMARTS) is 1. The Morgan fingerprint density at radius 2 is 1.68 bits per heavy atom. The molecule has 0 saturated carbocycles. The van der Waals surface area contributed by atoms with Crippen LogP contribution < -0.4 is 21.3 Å². The highest BCUT2D eigenvalue weighted by Gasteiger charge is 2.16. The third kappa shape index (κ3) is 6.24. The number of urea groups is 1. The molecule has 0 aliphatic rings. The normalized spacial score (nSPS) is 10.4. The molecule has 0 spiro atoms. The summed E-state index contributed by atoms with van der Waals surface area (Å²) >= 11 is 5.98. The lowest BCUT2D eigenvalue weighted by Crippen LogP contribution is -2.28. The average Bonchev–Trinajstić information content (AvgIpc) is 3.37. The lowest BCUT2D eigenvalue weighted by Gasteiger charge is -2.15. The van der Waals surface area contributed by atoms with Crippen LogP contribution in [0.2, 0.25) is 5.02 Å². The molecular weight excluding hydrogens is 496 g/mol. The number of nitrogens with one attached hydrogen (secondary N) is 4. The van der Waals surface area contributed by atoms with Crippen LogP contribution >= 0.6 is 11.6 Å². The Balaban J connectivity index is 1.57. The van der Waals surface area contributed by atoms with Crippen LogP contribution in [-0.2, 0) is 0 Å². The topological polar surface area (TPSA) is 137 Å². The lowest BCUT2D eigenvalue weighted by molar-refractivity contribution is 0.0688. The Hall–Kier alpha value is -4.83. The molecule has 5 N–H and O–H groups in total. The largest absolute Gasteiger partial charge is 0.477 e. The Morgan fingerprint density at radius 3 is 2.35 bits per heavy atom. The summed E-state index contributed by atoms with van der Waals surface area (Å²) in [5, 5.41) is 21.1. The molecule has 0 saturated heterocycles. The van der Waals surface area contributed by atoms with Crippen LogP contribution in [-0.4, -0.2) is 39.1 Å². The number of carbonyl (C=O) groups excluding carboxylic acids is 2. The van der Waals surface area contributed by atoms with E-state index in [1.165, 1.54) is 16.8 Å². The number of pyridine rings is 1. The minimum atomic E-state index is -1.04. The number of carboxylic acids is 1. The van der Waals surface area contributed by atoms with Crippen LogP contribution in [0.15, 0.2) is 79.1 Å². The summed E-state index contributed by atoms with van der Waals surface area (Å²) in [5.41, 5.74) is 2.59. The van der Waals surface area contributed by atoms with Crippen LogP contribution in [0.3, 0.4) is 0 Å². The molecular formula is C26H23ClN6O4. The number of carbonyl (C=O) groups is 3. The Labute approximate surface area is 217 Å². The fourth-order valence-corrected chi connectivity index (χ4v) is 3.63. The van der Waals surface area contributed by atoms with Crippen molar-refractivity contribution in [2.24, 2.45) is 0 Å². The van der Waals surface area contributed by atoms with Crippen molar-refractivity contribution in [3.05, 3.63) is 95.4 Å². The third-order valence-electron chi connectivity index (χ3n) is 5.22. The molecule has 3 amide bonds. The first kappa shape index (κ1) is 25.3. The van der Waals surface area contributed by atoms with Gasteiger partial charge in [-0.3, -0.25) is 10.1 Å². The molecule has 4 rings (SSSR count). The van der Waals surface area contributed by atoms with Crippen molar-refractivity contribution in [1.29, 1.82) is 0 Å². The van der Waals surface area contributed by atoms with E-state index < -0.39 is 17.9 Å². The van der Waals surface area contributed by atoms with Gasteiger partial charge in [0.25, 0.3) is 5.91 Å². The summed E-state index contributed by atoms with van der Waals surface area (Å²) in [6.07, 6.45) is 3.01. The first-order valence-corrected chi connectivity index (χ1v) is 11.6. The predicted molar refractivity (Wildman–Crippen MR) is 142 cm³/mol. The van der Waals surface area contributed by atoms with Gasteiger partial charge in [-0.2, -0.15) is 0 Å². The summed E-state index contributed by atoms with van der Waals surface area (Å²) in [6, 6.07) is 18.0. The predicted octanol–water partition coefficient (Wildman–Crippen LogP) is 5.36. The van der Waals surface area contributed by atoms with Crippen molar-refractivity contribution in [2.75, 3.05) is 22.5 Å². The van der Waals surface area contributed by atoms with Crippen molar-refractivity contribution < 1.29 is 19.5 Å². The van der Waals surface area contributed by atoms with E-state index in [4.69, 9.17) is 11.6 Å². The summed E-state index contributed by atoms with van der Waals surface area (Å²) in [4.78, 5) is 40.7. The first-order chi connectivity index (χ1) is 17.8. The number of halogens is 1. The quantitative estimate of drug-likeness (QED) is 0.213. The number of hydrogen-bond acceptors (Lipinski definition) is 5. The molecule has 0 radical (unpaired) electrons. The second kappa shape index (κ2) is 11.3. The number of aromatic nitrogens is 2. The van der Waals surface area contributed by atoms with Crippen LogP contribution in [0.1, 0.15) is 27.8 Å². The fraction of sp³-hybridized carbons (Fsp3) is 0.0769. The molecule has 0 atom stereocenters. The van der Waals surface area contributed by atoms with Gasteiger partial charge in [0.15, 0.2) is 0 Å². The number of nitrogens with zero attached hydrogens (tertiary/aromatic N) is 2. The average molecular weight is 519 g/mol. The van der Waals surface area contributed by atoms with Crippen LogP contribution in [0.5, 0.6) is 0 Å². The minimum absolute atomic E-state index is 0.127. The summed E-state index contributed by atoms with van der Waals surface area (Å²) in [5.74, 6) is -1.22. The van der Waals surface area contributed by atoms with Gasteiger partial charge in [-0.25, -0.2) is 14.6 Å². The van der Waals surface area contributed by atoms with Gasteiger partial charge in [-0.1, -0.05) is 11.6 Å². The van der Waals surface area contributed by atoms with Crippen LogP contribution in [0.4, 0.5) is 27.7 Å². The molecule has 0 aliphatic heterocycles.